The smallest absolute Gasteiger partial charge is 0.329 e. The fourth-order valence-electron chi connectivity index (χ4n) is 3.45. The van der Waals surface area contributed by atoms with Gasteiger partial charge in [-0.15, -0.1) is 0 Å². The van der Waals surface area contributed by atoms with Crippen molar-refractivity contribution in [2.24, 2.45) is 5.92 Å². The van der Waals surface area contributed by atoms with Crippen molar-refractivity contribution in [1.82, 2.24) is 4.90 Å². The summed E-state index contributed by atoms with van der Waals surface area (Å²) < 4.78 is 15.9. The molecule has 2 aliphatic heterocycles. The average molecular weight is 396 g/mol. The van der Waals surface area contributed by atoms with E-state index in [0.29, 0.717) is 30.4 Å². The highest BCUT2D eigenvalue weighted by molar-refractivity contribution is 6.09. The number of nitrogens with zero attached hydrogens (tertiary/aromatic N) is 1. The predicted octanol–water partition coefficient (Wildman–Crippen LogP) is 2.30. The summed E-state index contributed by atoms with van der Waals surface area (Å²) in [5.74, 6) is -0.530. The molecule has 2 aromatic rings. The molecule has 1 unspecified atom stereocenters. The summed E-state index contributed by atoms with van der Waals surface area (Å²) in [5, 5.41) is 2.78. The highest BCUT2D eigenvalue weighted by atomic mass is 16.5. The third kappa shape index (κ3) is 3.42. The summed E-state index contributed by atoms with van der Waals surface area (Å²) in [6.45, 7) is 0.770. The molecule has 2 heterocycles. The zero-order valence-corrected chi connectivity index (χ0v) is 16.0. The first-order valence-electron chi connectivity index (χ1n) is 9.14. The van der Waals surface area contributed by atoms with Crippen LogP contribution in [0.4, 0.5) is 5.69 Å². The number of benzene rings is 2. The van der Waals surface area contributed by atoms with Crippen LogP contribution in [0.3, 0.4) is 0 Å². The number of carbonyl (C=O) groups is 3. The summed E-state index contributed by atoms with van der Waals surface area (Å²) in [5.41, 5.74) is 1.06. The van der Waals surface area contributed by atoms with Crippen LogP contribution in [-0.2, 0) is 14.3 Å². The number of methoxy groups -OCH3 is 1. The second-order valence-electron chi connectivity index (χ2n) is 6.94. The predicted molar refractivity (Wildman–Crippen MR) is 103 cm³/mol. The van der Waals surface area contributed by atoms with Crippen LogP contribution < -0.4 is 10.1 Å². The molecule has 150 valence electrons. The number of esters is 1. The van der Waals surface area contributed by atoms with Gasteiger partial charge < -0.3 is 24.4 Å². The van der Waals surface area contributed by atoms with E-state index >= 15 is 0 Å². The van der Waals surface area contributed by atoms with Gasteiger partial charge in [0.15, 0.2) is 5.75 Å². The van der Waals surface area contributed by atoms with E-state index in [-0.39, 0.29) is 23.0 Å². The number of nitrogens with one attached hydrogen (secondary N) is 1. The summed E-state index contributed by atoms with van der Waals surface area (Å²) in [4.78, 5) is 39.3. The van der Waals surface area contributed by atoms with Crippen molar-refractivity contribution >= 4 is 23.5 Å². The van der Waals surface area contributed by atoms with Gasteiger partial charge in [0.05, 0.1) is 31.6 Å². The van der Waals surface area contributed by atoms with E-state index in [1.54, 1.807) is 43.4 Å². The van der Waals surface area contributed by atoms with E-state index < -0.39 is 17.9 Å². The molecule has 29 heavy (non-hydrogen) atoms. The van der Waals surface area contributed by atoms with Crippen LogP contribution in [-0.4, -0.2) is 56.1 Å². The van der Waals surface area contributed by atoms with Crippen LogP contribution in [0, 0.1) is 5.92 Å². The third-order valence-electron chi connectivity index (χ3n) is 5.12. The molecule has 8 heteroatoms. The highest BCUT2D eigenvalue weighted by Gasteiger charge is 2.40. The number of ether oxygens (including phenoxy) is 3. The molecular weight excluding hydrogens is 376 g/mol. The molecule has 0 radical (unpaired) electrons. The molecule has 1 N–H and O–H groups in total. The fourth-order valence-corrected chi connectivity index (χ4v) is 3.45. The summed E-state index contributed by atoms with van der Waals surface area (Å²) in [6.07, 6.45) is 0. The van der Waals surface area contributed by atoms with Gasteiger partial charge in [0.25, 0.3) is 11.8 Å². The molecule has 4 rings (SSSR count). The Kier molecular flexibility index (Phi) is 4.94. The number of hydrogen-bond acceptors (Lipinski definition) is 6. The van der Waals surface area contributed by atoms with Gasteiger partial charge in [-0.2, -0.15) is 0 Å². The molecule has 0 aliphatic carbocycles. The summed E-state index contributed by atoms with van der Waals surface area (Å²) >= 11 is 0. The number of amides is 2. The lowest BCUT2D eigenvalue weighted by molar-refractivity contribution is -0.155. The van der Waals surface area contributed by atoms with Gasteiger partial charge in [-0.05, 0) is 30.3 Å². The van der Waals surface area contributed by atoms with E-state index in [4.69, 9.17) is 14.2 Å². The Labute approximate surface area is 167 Å². The number of likely N-dealkylation sites (N-methyl/N-ethyl adjacent to an activating group) is 1. The van der Waals surface area contributed by atoms with Crippen LogP contribution in [0.25, 0.3) is 0 Å². The Morgan fingerprint density at radius 1 is 1.17 bits per heavy atom. The van der Waals surface area contributed by atoms with Crippen molar-refractivity contribution in [1.29, 1.82) is 0 Å². The van der Waals surface area contributed by atoms with Gasteiger partial charge in [-0.1, -0.05) is 12.1 Å². The fraction of sp³-hybridized carbons (Fsp3) is 0.286. The molecule has 2 aliphatic rings. The van der Waals surface area contributed by atoms with Gasteiger partial charge in [-0.25, -0.2) is 4.79 Å². The second kappa shape index (κ2) is 7.56. The Balaban J connectivity index is 1.63. The maximum absolute atomic E-state index is 13.1. The minimum atomic E-state index is -0.755. The number of rotatable bonds is 4. The van der Waals surface area contributed by atoms with Crippen molar-refractivity contribution in [3.05, 3.63) is 53.6 Å². The van der Waals surface area contributed by atoms with Crippen molar-refractivity contribution in [2.75, 3.05) is 32.7 Å². The van der Waals surface area contributed by atoms with E-state index in [1.165, 1.54) is 18.1 Å². The van der Waals surface area contributed by atoms with Crippen molar-refractivity contribution in [3.63, 3.8) is 0 Å². The van der Waals surface area contributed by atoms with E-state index in [1.807, 2.05) is 0 Å². The van der Waals surface area contributed by atoms with Crippen molar-refractivity contribution in [2.45, 2.75) is 6.04 Å². The normalized spacial score (nSPS) is 16.1. The quantitative estimate of drug-likeness (QED) is 0.797. The molecular formula is C21H20N2O6. The molecule has 8 nitrogen and oxygen atoms in total. The standard InChI is InChI=1S/C21H20N2O6/c1-23(18(21(26)27-2)13-10-28-11-13)20(25)12-7-8-16-14(9-12)19(24)22-15-5-3-4-6-17(15)29-16/h3-9,13,18H,10-11H2,1-2H3,(H,22,24). The molecule has 0 aromatic heterocycles. The first-order valence-corrected chi connectivity index (χ1v) is 9.14. The maximum atomic E-state index is 13.1. The molecule has 0 spiro atoms. The van der Waals surface area contributed by atoms with Crippen molar-refractivity contribution < 1.29 is 28.6 Å². The van der Waals surface area contributed by atoms with Gasteiger partial charge >= 0.3 is 5.97 Å². The van der Waals surface area contributed by atoms with E-state index in [9.17, 15) is 14.4 Å². The number of hydrogen-bond donors (Lipinski definition) is 1. The summed E-state index contributed by atoms with van der Waals surface area (Å²) in [7, 11) is 2.83. The first-order chi connectivity index (χ1) is 14.0. The van der Waals surface area contributed by atoms with Gasteiger partial charge in [-0.3, -0.25) is 9.59 Å². The summed E-state index contributed by atoms with van der Waals surface area (Å²) in [6, 6.07) is 11.0. The van der Waals surface area contributed by atoms with Crippen LogP contribution in [0.2, 0.25) is 0 Å². The number of carbonyl (C=O) groups excluding carboxylic acids is 3. The molecule has 2 amide bonds. The monoisotopic (exact) mass is 396 g/mol. The van der Waals surface area contributed by atoms with E-state index in [0.717, 1.165) is 0 Å². The minimum Gasteiger partial charge on any atom is -0.467 e. The second-order valence-corrected chi connectivity index (χ2v) is 6.94. The molecule has 1 atom stereocenters. The Hall–Kier alpha value is -3.39. The lowest BCUT2D eigenvalue weighted by atomic mass is 9.96. The zero-order chi connectivity index (χ0) is 20.5. The maximum Gasteiger partial charge on any atom is 0.329 e. The first kappa shape index (κ1) is 18.9. The van der Waals surface area contributed by atoms with Crippen LogP contribution in [0.15, 0.2) is 42.5 Å². The Bertz CT molecular complexity index is 985. The molecule has 2 aromatic carbocycles. The number of anilines is 1. The van der Waals surface area contributed by atoms with Crippen molar-refractivity contribution in [3.8, 4) is 11.5 Å². The average Bonchev–Trinajstić information content (AvgIpc) is 2.84. The third-order valence-corrected chi connectivity index (χ3v) is 5.12. The van der Waals surface area contributed by atoms with Gasteiger partial charge in [0, 0.05) is 18.5 Å². The minimum absolute atomic E-state index is 0.127. The lowest BCUT2D eigenvalue weighted by Gasteiger charge is -2.37. The number of fused-ring (bicyclic) bond motifs is 2. The SMILES string of the molecule is COC(=O)C(C1COC1)N(C)C(=O)c1ccc2c(c1)C(=O)Nc1ccccc1O2. The Morgan fingerprint density at radius 3 is 2.62 bits per heavy atom. The molecule has 1 fully saturated rings. The van der Waals surface area contributed by atoms with E-state index in [2.05, 4.69) is 5.32 Å². The van der Waals surface area contributed by atoms with Crippen LogP contribution in [0.5, 0.6) is 11.5 Å². The Morgan fingerprint density at radius 2 is 1.93 bits per heavy atom. The molecule has 0 bridgehead atoms. The number of para-hydroxylation sites is 2. The largest absolute Gasteiger partial charge is 0.467 e. The molecule has 0 saturated carbocycles. The zero-order valence-electron chi connectivity index (χ0n) is 16.0. The molecule has 1 saturated heterocycles. The topological polar surface area (TPSA) is 94.2 Å². The lowest BCUT2D eigenvalue weighted by Crippen LogP contribution is -2.53. The van der Waals surface area contributed by atoms with Gasteiger partial charge in [0.2, 0.25) is 0 Å². The van der Waals surface area contributed by atoms with Crippen LogP contribution >= 0.6 is 0 Å². The van der Waals surface area contributed by atoms with Crippen LogP contribution in [0.1, 0.15) is 20.7 Å². The highest BCUT2D eigenvalue weighted by Crippen LogP contribution is 2.36. The van der Waals surface area contributed by atoms with Gasteiger partial charge in [0.1, 0.15) is 11.8 Å².